The largest absolute Gasteiger partial charge is 0.508 e. The minimum Gasteiger partial charge on any atom is -0.508 e. The van der Waals surface area contributed by atoms with Crippen LogP contribution in [-0.4, -0.2) is 46.0 Å². The number of nitrogens with zero attached hydrogens (tertiary/aromatic N) is 1. The van der Waals surface area contributed by atoms with Gasteiger partial charge in [0, 0.05) is 19.6 Å². The summed E-state index contributed by atoms with van der Waals surface area (Å²) >= 11 is 0. The summed E-state index contributed by atoms with van der Waals surface area (Å²) in [4.78, 5) is 2.30. The lowest BCUT2D eigenvalue weighted by molar-refractivity contribution is 0.0192. The van der Waals surface area contributed by atoms with E-state index in [-0.39, 0.29) is 11.9 Å². The van der Waals surface area contributed by atoms with E-state index in [4.69, 9.17) is 0 Å². The van der Waals surface area contributed by atoms with Crippen molar-refractivity contribution in [1.29, 1.82) is 0 Å². The molecule has 3 N–H and O–H groups in total. The molecule has 4 nitrogen and oxygen atoms in total. The molecule has 2 unspecified atom stereocenters. The quantitative estimate of drug-likeness (QED) is 0.779. The van der Waals surface area contributed by atoms with Gasteiger partial charge < -0.3 is 15.3 Å². The molecule has 2 aliphatic rings. The third-order valence-corrected chi connectivity index (χ3v) is 4.82. The van der Waals surface area contributed by atoms with Crippen molar-refractivity contribution in [2.75, 3.05) is 19.6 Å². The first kappa shape index (κ1) is 13.9. The van der Waals surface area contributed by atoms with Gasteiger partial charge in [-0.25, -0.2) is 0 Å². The van der Waals surface area contributed by atoms with E-state index in [0.29, 0.717) is 18.4 Å². The Morgan fingerprint density at radius 2 is 1.70 bits per heavy atom. The van der Waals surface area contributed by atoms with Gasteiger partial charge in [-0.2, -0.15) is 0 Å². The summed E-state index contributed by atoms with van der Waals surface area (Å²) in [6.07, 6.45) is 1.69. The molecule has 1 aliphatic carbocycles. The number of aliphatic hydroxyl groups excluding tert-OH is 1. The van der Waals surface area contributed by atoms with E-state index in [1.165, 1.54) is 0 Å². The molecule has 4 atom stereocenters. The monoisotopic (exact) mass is 277 g/mol. The van der Waals surface area contributed by atoms with Gasteiger partial charge in [0.15, 0.2) is 0 Å². The van der Waals surface area contributed by atoms with E-state index in [0.717, 1.165) is 31.5 Å². The van der Waals surface area contributed by atoms with Gasteiger partial charge in [0.2, 0.25) is 0 Å². The smallest absolute Gasteiger partial charge is 0.115 e. The van der Waals surface area contributed by atoms with Crippen molar-refractivity contribution < 1.29 is 15.3 Å². The molecule has 0 aromatic heterocycles. The highest BCUT2D eigenvalue weighted by molar-refractivity contribution is 5.29. The van der Waals surface area contributed by atoms with E-state index in [1.54, 1.807) is 24.3 Å². The Morgan fingerprint density at radius 3 is 2.25 bits per heavy atom. The van der Waals surface area contributed by atoms with Crippen LogP contribution in [0.25, 0.3) is 0 Å². The van der Waals surface area contributed by atoms with E-state index in [1.807, 2.05) is 6.92 Å². The van der Waals surface area contributed by atoms with Crippen molar-refractivity contribution in [1.82, 2.24) is 4.90 Å². The molecule has 0 spiro atoms. The first-order chi connectivity index (χ1) is 9.44. The molecule has 0 radical (unpaired) electrons. The van der Waals surface area contributed by atoms with Gasteiger partial charge in [-0.1, -0.05) is 12.1 Å². The predicted octanol–water partition coefficient (Wildman–Crippen LogP) is 1.30. The van der Waals surface area contributed by atoms with Crippen LogP contribution in [0.4, 0.5) is 0 Å². The third-order valence-electron chi connectivity index (χ3n) is 4.82. The van der Waals surface area contributed by atoms with Gasteiger partial charge in [0.1, 0.15) is 5.75 Å². The Kier molecular flexibility index (Phi) is 3.48. The molecule has 0 bridgehead atoms. The molecule has 110 valence electrons. The van der Waals surface area contributed by atoms with Crippen molar-refractivity contribution in [2.45, 2.75) is 31.5 Å². The number of benzene rings is 1. The summed E-state index contributed by atoms with van der Waals surface area (Å²) in [5.41, 5.74) is -0.0855. The second kappa shape index (κ2) is 5.02. The van der Waals surface area contributed by atoms with Crippen molar-refractivity contribution in [2.24, 2.45) is 11.8 Å². The zero-order valence-corrected chi connectivity index (χ0v) is 11.9. The Balaban J connectivity index is 1.64. The number of phenols is 1. The summed E-state index contributed by atoms with van der Waals surface area (Å²) in [7, 11) is 0. The van der Waals surface area contributed by atoms with Gasteiger partial charge in [-0.3, -0.25) is 4.90 Å². The summed E-state index contributed by atoms with van der Waals surface area (Å²) in [6.45, 7) is 4.36. The number of rotatable bonds is 3. The average molecular weight is 277 g/mol. The van der Waals surface area contributed by atoms with Crippen LogP contribution in [0, 0.1) is 11.8 Å². The van der Waals surface area contributed by atoms with E-state index < -0.39 is 5.60 Å². The Hall–Kier alpha value is -1.10. The molecule has 2 fully saturated rings. The first-order valence-electron chi connectivity index (χ1n) is 7.36. The normalized spacial score (nSPS) is 33.0. The molecular formula is C16H23NO3. The van der Waals surface area contributed by atoms with Gasteiger partial charge in [0.25, 0.3) is 0 Å². The Labute approximate surface area is 119 Å². The van der Waals surface area contributed by atoms with Crippen molar-refractivity contribution in [3.8, 4) is 5.75 Å². The molecule has 1 saturated heterocycles. The average Bonchev–Trinajstić information content (AvgIpc) is 2.85. The number of hydrogen-bond acceptors (Lipinski definition) is 4. The first-order valence-corrected chi connectivity index (χ1v) is 7.36. The highest BCUT2D eigenvalue weighted by Crippen LogP contribution is 2.39. The van der Waals surface area contributed by atoms with Crippen molar-refractivity contribution in [3.63, 3.8) is 0 Å². The van der Waals surface area contributed by atoms with E-state index in [9.17, 15) is 15.3 Å². The molecule has 1 aliphatic heterocycles. The maximum atomic E-state index is 10.7. The van der Waals surface area contributed by atoms with E-state index >= 15 is 0 Å². The Bertz CT molecular complexity index is 457. The number of phenolic OH excluding ortho intramolecular Hbond substituents is 1. The second-order valence-corrected chi connectivity index (χ2v) is 6.66. The fourth-order valence-electron chi connectivity index (χ4n) is 3.84. The van der Waals surface area contributed by atoms with Gasteiger partial charge in [-0.05, 0) is 49.3 Å². The molecular weight excluding hydrogens is 254 g/mol. The van der Waals surface area contributed by atoms with Gasteiger partial charge >= 0.3 is 0 Å². The van der Waals surface area contributed by atoms with Crippen LogP contribution in [0.15, 0.2) is 24.3 Å². The summed E-state index contributed by atoms with van der Waals surface area (Å²) in [5, 5.41) is 29.7. The topological polar surface area (TPSA) is 63.9 Å². The number of hydrogen-bond donors (Lipinski definition) is 3. The summed E-state index contributed by atoms with van der Waals surface area (Å²) in [6, 6.07) is 6.77. The molecule has 1 aromatic rings. The maximum absolute atomic E-state index is 10.7. The lowest BCUT2D eigenvalue weighted by atomic mass is 9.95. The molecule has 1 saturated carbocycles. The highest BCUT2D eigenvalue weighted by atomic mass is 16.3. The molecule has 1 heterocycles. The number of aliphatic hydroxyl groups is 2. The zero-order valence-electron chi connectivity index (χ0n) is 11.9. The van der Waals surface area contributed by atoms with E-state index in [2.05, 4.69) is 4.90 Å². The van der Waals surface area contributed by atoms with Crippen LogP contribution in [0.1, 0.15) is 25.3 Å². The van der Waals surface area contributed by atoms with Gasteiger partial charge in [0.05, 0.1) is 11.7 Å². The predicted molar refractivity (Wildman–Crippen MR) is 76.3 cm³/mol. The fourth-order valence-corrected chi connectivity index (χ4v) is 3.84. The van der Waals surface area contributed by atoms with Crippen LogP contribution in [0.3, 0.4) is 0 Å². The van der Waals surface area contributed by atoms with Crippen molar-refractivity contribution >= 4 is 0 Å². The molecule has 4 heteroatoms. The lowest BCUT2D eigenvalue weighted by Gasteiger charge is -2.30. The third kappa shape index (κ3) is 2.68. The maximum Gasteiger partial charge on any atom is 0.115 e. The summed E-state index contributed by atoms with van der Waals surface area (Å²) < 4.78 is 0. The van der Waals surface area contributed by atoms with Crippen molar-refractivity contribution in [3.05, 3.63) is 29.8 Å². The van der Waals surface area contributed by atoms with Crippen LogP contribution in [-0.2, 0) is 5.60 Å². The Morgan fingerprint density at radius 1 is 1.15 bits per heavy atom. The van der Waals surface area contributed by atoms with Crippen LogP contribution >= 0.6 is 0 Å². The molecule has 20 heavy (non-hydrogen) atoms. The molecule has 3 rings (SSSR count). The van der Waals surface area contributed by atoms with Crippen LogP contribution in [0.2, 0.25) is 0 Å². The lowest BCUT2D eigenvalue weighted by Crippen LogP contribution is -2.38. The fraction of sp³-hybridized carbons (Fsp3) is 0.625. The molecule has 0 amide bonds. The number of β-amino-alcohol motifs (C(OH)–C–C–N with tert-alkyl or cyclic N) is 1. The SMILES string of the molecule is CC(O)(CN1C[C@H]2CC(O)C[C@H]2C1)c1ccc(O)cc1. The van der Waals surface area contributed by atoms with Crippen LogP contribution < -0.4 is 0 Å². The van der Waals surface area contributed by atoms with Crippen LogP contribution in [0.5, 0.6) is 5.75 Å². The minimum atomic E-state index is -0.912. The highest BCUT2D eigenvalue weighted by Gasteiger charge is 2.41. The number of aromatic hydroxyl groups is 1. The van der Waals surface area contributed by atoms with Gasteiger partial charge in [-0.15, -0.1) is 0 Å². The summed E-state index contributed by atoms with van der Waals surface area (Å²) in [5.74, 6) is 1.38. The zero-order chi connectivity index (χ0) is 14.3. The number of likely N-dealkylation sites (tertiary alicyclic amines) is 1. The second-order valence-electron chi connectivity index (χ2n) is 6.66. The molecule has 1 aromatic carbocycles. The standard InChI is InChI=1S/C16H23NO3/c1-16(20,13-2-4-14(18)5-3-13)10-17-8-11-6-15(19)7-12(11)9-17/h2-5,11-12,15,18-20H,6-10H2,1H3/t11-,12+,15?,16?. The minimum absolute atomic E-state index is 0.121. The number of fused-ring (bicyclic) bond motifs is 1.